The van der Waals surface area contributed by atoms with Crippen LogP contribution in [0.3, 0.4) is 0 Å². The van der Waals surface area contributed by atoms with Crippen molar-refractivity contribution < 1.29 is 27.5 Å². The summed E-state index contributed by atoms with van der Waals surface area (Å²) in [5.41, 5.74) is 4.60. The van der Waals surface area contributed by atoms with E-state index in [1.165, 1.54) is 0 Å². The van der Waals surface area contributed by atoms with Gasteiger partial charge >= 0.3 is 0 Å². The molecule has 0 aliphatic rings. The van der Waals surface area contributed by atoms with Crippen molar-refractivity contribution in [3.8, 4) is 5.75 Å². The first-order valence-electron chi connectivity index (χ1n) is 5.64. The van der Waals surface area contributed by atoms with Crippen LogP contribution in [0.4, 0.5) is 17.6 Å². The smallest absolute Gasteiger partial charge is 0.203 e. The second-order valence-electron chi connectivity index (χ2n) is 4.76. The summed E-state index contributed by atoms with van der Waals surface area (Å²) in [6, 6.07) is 0.0951. The van der Waals surface area contributed by atoms with E-state index < -0.39 is 34.4 Å². The van der Waals surface area contributed by atoms with Crippen LogP contribution in [-0.2, 0) is 0 Å². The lowest BCUT2D eigenvalue weighted by molar-refractivity contribution is 0.235. The van der Waals surface area contributed by atoms with Gasteiger partial charge in [-0.25, -0.2) is 8.78 Å². The summed E-state index contributed by atoms with van der Waals surface area (Å²) >= 11 is 0. The highest BCUT2D eigenvalue weighted by molar-refractivity contribution is 5.85. The van der Waals surface area contributed by atoms with Crippen molar-refractivity contribution >= 4 is 5.84 Å². The van der Waals surface area contributed by atoms with Crippen LogP contribution in [0.2, 0.25) is 0 Å². The minimum atomic E-state index is -1.61. The lowest BCUT2D eigenvalue weighted by Crippen LogP contribution is -2.33. The molecule has 112 valence electrons. The highest BCUT2D eigenvalue weighted by Gasteiger charge is 2.25. The third kappa shape index (κ3) is 3.31. The quantitative estimate of drug-likeness (QED) is 0.219. The minimum absolute atomic E-state index is 0.0951. The first-order valence-corrected chi connectivity index (χ1v) is 5.64. The van der Waals surface area contributed by atoms with Gasteiger partial charge in [-0.05, 0) is 6.42 Å². The van der Waals surface area contributed by atoms with Crippen molar-refractivity contribution in [2.45, 2.75) is 20.3 Å². The number of oxime groups is 1. The van der Waals surface area contributed by atoms with Crippen LogP contribution in [0.15, 0.2) is 11.2 Å². The van der Waals surface area contributed by atoms with E-state index in [-0.39, 0.29) is 24.9 Å². The molecule has 8 heteroatoms. The molecule has 0 atom stereocenters. The Morgan fingerprint density at radius 3 is 2.20 bits per heavy atom. The SMILES string of the molecule is CC(C)(CCOc1c(F)c(F)cc(F)c1F)/C(N)=N/O. The summed E-state index contributed by atoms with van der Waals surface area (Å²) in [5.74, 6) is -7.54. The third-order valence-corrected chi connectivity index (χ3v) is 2.85. The molecule has 0 aliphatic carbocycles. The van der Waals surface area contributed by atoms with E-state index in [2.05, 4.69) is 5.16 Å². The van der Waals surface area contributed by atoms with E-state index in [1.807, 2.05) is 0 Å². The molecule has 0 radical (unpaired) electrons. The summed E-state index contributed by atoms with van der Waals surface area (Å²) in [6.07, 6.45) is 0.111. The normalized spacial score (nSPS) is 12.6. The Labute approximate surface area is 112 Å². The van der Waals surface area contributed by atoms with E-state index in [9.17, 15) is 17.6 Å². The number of nitrogens with zero attached hydrogens (tertiary/aromatic N) is 1. The van der Waals surface area contributed by atoms with Crippen LogP contribution in [0.1, 0.15) is 20.3 Å². The predicted octanol–water partition coefficient (Wildman–Crippen LogP) is 2.78. The lowest BCUT2D eigenvalue weighted by atomic mass is 9.88. The number of amidine groups is 1. The van der Waals surface area contributed by atoms with Gasteiger partial charge in [-0.1, -0.05) is 19.0 Å². The fourth-order valence-electron chi connectivity index (χ4n) is 1.35. The second kappa shape index (κ2) is 5.98. The zero-order valence-electron chi connectivity index (χ0n) is 10.9. The average Bonchev–Trinajstić information content (AvgIpc) is 2.39. The molecule has 3 N–H and O–H groups in total. The number of ether oxygens (including phenoxy) is 1. The maximum Gasteiger partial charge on any atom is 0.203 e. The van der Waals surface area contributed by atoms with E-state index >= 15 is 0 Å². The van der Waals surface area contributed by atoms with E-state index in [0.29, 0.717) is 0 Å². The summed E-state index contributed by atoms with van der Waals surface area (Å²) < 4.78 is 57.2. The van der Waals surface area contributed by atoms with Gasteiger partial charge in [-0.15, -0.1) is 0 Å². The molecule has 0 unspecified atom stereocenters. The zero-order valence-corrected chi connectivity index (χ0v) is 10.9. The van der Waals surface area contributed by atoms with Gasteiger partial charge in [0, 0.05) is 11.5 Å². The standard InChI is InChI=1S/C12H14F4N2O2/c1-12(2,11(17)18-19)3-4-20-10-8(15)6(13)5-7(14)9(10)16/h5,19H,3-4H2,1-2H3,(H2,17,18). The number of nitrogens with two attached hydrogens (primary N) is 1. The maximum atomic E-state index is 13.3. The van der Waals surface area contributed by atoms with Crippen molar-refractivity contribution in [1.82, 2.24) is 0 Å². The van der Waals surface area contributed by atoms with Gasteiger partial charge in [0.2, 0.25) is 11.6 Å². The lowest BCUT2D eigenvalue weighted by Gasteiger charge is -2.22. The second-order valence-corrected chi connectivity index (χ2v) is 4.76. The highest BCUT2D eigenvalue weighted by atomic mass is 19.2. The molecular formula is C12H14F4N2O2. The molecule has 20 heavy (non-hydrogen) atoms. The van der Waals surface area contributed by atoms with E-state index in [4.69, 9.17) is 15.7 Å². The van der Waals surface area contributed by atoms with Crippen LogP contribution in [-0.4, -0.2) is 17.6 Å². The first-order chi connectivity index (χ1) is 9.20. The van der Waals surface area contributed by atoms with Crippen LogP contribution in [0.5, 0.6) is 5.75 Å². The van der Waals surface area contributed by atoms with Crippen molar-refractivity contribution in [2.75, 3.05) is 6.61 Å². The van der Waals surface area contributed by atoms with E-state index in [0.717, 1.165) is 0 Å². The molecule has 0 aromatic heterocycles. The van der Waals surface area contributed by atoms with Crippen LogP contribution < -0.4 is 10.5 Å². The molecule has 1 aromatic carbocycles. The predicted molar refractivity (Wildman–Crippen MR) is 63.6 cm³/mol. The van der Waals surface area contributed by atoms with Crippen LogP contribution in [0.25, 0.3) is 0 Å². The third-order valence-electron chi connectivity index (χ3n) is 2.85. The number of hydrogen-bond acceptors (Lipinski definition) is 3. The number of benzene rings is 1. The molecule has 0 heterocycles. The zero-order chi connectivity index (χ0) is 15.5. The summed E-state index contributed by atoms with van der Waals surface area (Å²) in [5, 5.41) is 11.4. The largest absolute Gasteiger partial charge is 0.487 e. The van der Waals surface area contributed by atoms with Gasteiger partial charge < -0.3 is 15.7 Å². The van der Waals surface area contributed by atoms with Gasteiger partial charge in [0.15, 0.2) is 17.4 Å². The summed E-state index contributed by atoms with van der Waals surface area (Å²) in [6.45, 7) is 2.93. The topological polar surface area (TPSA) is 67.8 Å². The Morgan fingerprint density at radius 1 is 1.25 bits per heavy atom. The maximum absolute atomic E-state index is 13.3. The van der Waals surface area contributed by atoms with Crippen molar-refractivity contribution in [3.63, 3.8) is 0 Å². The van der Waals surface area contributed by atoms with Crippen molar-refractivity contribution in [2.24, 2.45) is 16.3 Å². The fourth-order valence-corrected chi connectivity index (χ4v) is 1.35. The number of hydrogen-bond donors (Lipinski definition) is 2. The molecule has 0 saturated carbocycles. The molecule has 1 aromatic rings. The molecule has 4 nitrogen and oxygen atoms in total. The summed E-state index contributed by atoms with van der Waals surface area (Å²) in [7, 11) is 0. The number of halogens is 4. The van der Waals surface area contributed by atoms with Crippen molar-refractivity contribution in [3.05, 3.63) is 29.3 Å². The van der Waals surface area contributed by atoms with Crippen molar-refractivity contribution in [1.29, 1.82) is 0 Å². The molecule has 1 rings (SSSR count). The monoisotopic (exact) mass is 294 g/mol. The molecule has 0 fully saturated rings. The summed E-state index contributed by atoms with van der Waals surface area (Å²) in [4.78, 5) is 0. The first kappa shape index (κ1) is 16.1. The van der Waals surface area contributed by atoms with Gasteiger partial charge in [0.05, 0.1) is 6.61 Å². The van der Waals surface area contributed by atoms with E-state index in [1.54, 1.807) is 13.8 Å². The molecule has 0 bridgehead atoms. The Morgan fingerprint density at radius 2 is 1.75 bits per heavy atom. The molecule has 0 spiro atoms. The Balaban J connectivity index is 2.82. The average molecular weight is 294 g/mol. The van der Waals surface area contributed by atoms with Crippen LogP contribution in [0, 0.1) is 28.7 Å². The van der Waals surface area contributed by atoms with Gasteiger partial charge in [0.25, 0.3) is 0 Å². The fraction of sp³-hybridized carbons (Fsp3) is 0.417. The minimum Gasteiger partial charge on any atom is -0.487 e. The van der Waals surface area contributed by atoms with Gasteiger partial charge in [0.1, 0.15) is 5.84 Å². The molecule has 0 saturated heterocycles. The Kier molecular flexibility index (Phi) is 4.80. The number of rotatable bonds is 5. The Hall–Kier alpha value is -1.99. The van der Waals surface area contributed by atoms with Gasteiger partial charge in [-0.2, -0.15) is 8.78 Å². The Bertz CT molecular complexity index is 506. The van der Waals surface area contributed by atoms with Crippen LogP contribution >= 0.6 is 0 Å². The molecule has 0 amide bonds. The highest BCUT2D eigenvalue weighted by Crippen LogP contribution is 2.28. The molecular weight excluding hydrogens is 280 g/mol. The molecule has 0 aliphatic heterocycles. The van der Waals surface area contributed by atoms with Gasteiger partial charge in [-0.3, -0.25) is 0 Å².